The van der Waals surface area contributed by atoms with Crippen LogP contribution < -0.4 is 16.4 Å². The minimum atomic E-state index is -0.806. The van der Waals surface area contributed by atoms with Crippen LogP contribution in [0.15, 0.2) is 54.6 Å². The Morgan fingerprint density at radius 2 is 1.68 bits per heavy atom. The van der Waals surface area contributed by atoms with Gasteiger partial charge in [-0.1, -0.05) is 44.2 Å². The van der Waals surface area contributed by atoms with Crippen molar-refractivity contribution in [1.29, 1.82) is 0 Å². The van der Waals surface area contributed by atoms with E-state index in [2.05, 4.69) is 10.6 Å². The van der Waals surface area contributed by atoms with Crippen molar-refractivity contribution in [2.24, 2.45) is 11.7 Å². The molecule has 0 fully saturated rings. The first kappa shape index (κ1) is 23.6. The van der Waals surface area contributed by atoms with E-state index in [1.807, 2.05) is 13.8 Å². The summed E-state index contributed by atoms with van der Waals surface area (Å²) in [6.07, 6.45) is 0. The van der Waals surface area contributed by atoms with Gasteiger partial charge >= 0.3 is 6.03 Å². The number of anilines is 1. The van der Waals surface area contributed by atoms with E-state index in [1.165, 1.54) is 11.8 Å². The topological polar surface area (TPSA) is 122 Å². The second-order valence-corrected chi connectivity index (χ2v) is 7.65. The number of ketones is 1. The smallest absolute Gasteiger partial charge is 0.316 e. The molecule has 2 rings (SSSR count). The van der Waals surface area contributed by atoms with E-state index in [4.69, 9.17) is 5.73 Å². The van der Waals surface area contributed by atoms with Gasteiger partial charge in [-0.15, -0.1) is 0 Å². The summed E-state index contributed by atoms with van der Waals surface area (Å²) in [5, 5.41) is 5.28. The number of benzene rings is 2. The van der Waals surface area contributed by atoms with Crippen LogP contribution in [0.1, 0.15) is 36.7 Å². The quantitative estimate of drug-likeness (QED) is 0.573. The van der Waals surface area contributed by atoms with E-state index in [9.17, 15) is 19.2 Å². The predicted octanol–water partition coefficient (Wildman–Crippen LogP) is 2.55. The fraction of sp³-hybridized carbons (Fsp3) is 0.304. The Labute approximate surface area is 181 Å². The summed E-state index contributed by atoms with van der Waals surface area (Å²) in [4.78, 5) is 50.3. The molecule has 1 atom stereocenters. The van der Waals surface area contributed by atoms with Gasteiger partial charge in [-0.2, -0.15) is 0 Å². The Bertz CT molecular complexity index is 944. The van der Waals surface area contributed by atoms with E-state index in [0.717, 1.165) is 0 Å². The number of rotatable bonds is 9. The Morgan fingerprint density at radius 3 is 2.26 bits per heavy atom. The molecule has 4 N–H and O–H groups in total. The number of hydrogen-bond acceptors (Lipinski definition) is 4. The summed E-state index contributed by atoms with van der Waals surface area (Å²) in [5.74, 6) is -1.10. The molecule has 8 nitrogen and oxygen atoms in total. The molecule has 0 saturated heterocycles. The molecule has 0 spiro atoms. The summed E-state index contributed by atoms with van der Waals surface area (Å²) in [6, 6.07) is 14.0. The average Bonchev–Trinajstić information content (AvgIpc) is 2.70. The van der Waals surface area contributed by atoms with E-state index in [1.54, 1.807) is 54.6 Å². The fourth-order valence-electron chi connectivity index (χ4n) is 3.11. The van der Waals surface area contributed by atoms with Crippen LogP contribution in [0.3, 0.4) is 0 Å². The van der Waals surface area contributed by atoms with E-state index in [-0.39, 0.29) is 36.6 Å². The highest BCUT2D eigenvalue weighted by molar-refractivity contribution is 5.98. The molecular weight excluding hydrogens is 396 g/mol. The molecular formula is C23H28N4O4. The molecule has 2 aromatic rings. The number of urea groups is 1. The van der Waals surface area contributed by atoms with Gasteiger partial charge in [0, 0.05) is 17.8 Å². The van der Waals surface area contributed by atoms with Crippen LogP contribution in [0.4, 0.5) is 10.5 Å². The molecule has 2 aromatic carbocycles. The minimum Gasteiger partial charge on any atom is -0.351 e. The maximum Gasteiger partial charge on any atom is 0.316 e. The lowest BCUT2D eigenvalue weighted by Crippen LogP contribution is -2.52. The Kier molecular flexibility index (Phi) is 8.31. The normalized spacial score (nSPS) is 11.5. The third-order valence-corrected chi connectivity index (χ3v) is 4.55. The number of hydrogen-bond donors (Lipinski definition) is 3. The molecule has 0 aliphatic heterocycles. The van der Waals surface area contributed by atoms with Gasteiger partial charge in [-0.05, 0) is 42.7 Å². The molecule has 31 heavy (non-hydrogen) atoms. The molecule has 0 bridgehead atoms. The first-order valence-electron chi connectivity index (χ1n) is 9.97. The zero-order valence-electron chi connectivity index (χ0n) is 17.9. The number of carbonyl (C=O) groups excluding carboxylic acids is 4. The summed E-state index contributed by atoms with van der Waals surface area (Å²) in [5.41, 5.74) is 6.80. The largest absolute Gasteiger partial charge is 0.351 e. The van der Waals surface area contributed by atoms with Gasteiger partial charge in [0.05, 0.1) is 6.54 Å². The monoisotopic (exact) mass is 424 g/mol. The van der Waals surface area contributed by atoms with Gasteiger partial charge in [0.1, 0.15) is 11.8 Å². The molecule has 0 heterocycles. The molecule has 0 aliphatic carbocycles. The second-order valence-electron chi connectivity index (χ2n) is 7.65. The Balaban J connectivity index is 2.23. The molecule has 164 valence electrons. The number of nitrogens with zero attached hydrogens (tertiary/aromatic N) is 1. The third kappa shape index (κ3) is 7.26. The first-order valence-corrected chi connectivity index (χ1v) is 9.97. The lowest BCUT2D eigenvalue weighted by Gasteiger charge is -2.29. The summed E-state index contributed by atoms with van der Waals surface area (Å²) in [6.45, 7) is 5.10. The summed E-state index contributed by atoms with van der Waals surface area (Å²) in [7, 11) is 0. The number of nitrogens with two attached hydrogens (primary N) is 1. The van der Waals surface area contributed by atoms with Gasteiger partial charge in [0.15, 0.2) is 0 Å². The summed E-state index contributed by atoms with van der Waals surface area (Å²) >= 11 is 0. The number of Topliss-reactive ketones (excluding diaryl/α,β-unsaturated/α-hetero) is 1. The van der Waals surface area contributed by atoms with Crippen LogP contribution >= 0.6 is 0 Å². The van der Waals surface area contributed by atoms with Gasteiger partial charge in [0.2, 0.25) is 5.91 Å². The molecule has 0 aliphatic rings. The zero-order valence-corrected chi connectivity index (χ0v) is 17.9. The van der Waals surface area contributed by atoms with Gasteiger partial charge in [0.25, 0.3) is 5.91 Å². The molecule has 8 heteroatoms. The van der Waals surface area contributed by atoms with Crippen molar-refractivity contribution < 1.29 is 19.2 Å². The number of amides is 4. The molecule has 0 radical (unpaired) electrons. The highest BCUT2D eigenvalue weighted by Gasteiger charge is 2.29. The number of nitrogens with one attached hydrogen (secondary N) is 2. The van der Waals surface area contributed by atoms with Crippen molar-refractivity contribution in [1.82, 2.24) is 10.2 Å². The highest BCUT2D eigenvalue weighted by Crippen LogP contribution is 2.15. The van der Waals surface area contributed by atoms with E-state index < -0.39 is 12.1 Å². The van der Waals surface area contributed by atoms with Crippen molar-refractivity contribution in [2.45, 2.75) is 33.4 Å². The predicted molar refractivity (Wildman–Crippen MR) is 118 cm³/mol. The fourth-order valence-corrected chi connectivity index (χ4v) is 3.11. The SMILES string of the molecule is CC(=O)CN(Cc1cccc(NC(N)=O)c1)C(=O)C(NC(=O)c1ccccc1)C(C)C. The van der Waals surface area contributed by atoms with Crippen LogP contribution in [0.2, 0.25) is 0 Å². The van der Waals surface area contributed by atoms with Crippen LogP contribution in [-0.2, 0) is 16.1 Å². The Morgan fingerprint density at radius 1 is 1.00 bits per heavy atom. The van der Waals surface area contributed by atoms with Crippen molar-refractivity contribution in [3.63, 3.8) is 0 Å². The zero-order chi connectivity index (χ0) is 23.0. The van der Waals surface area contributed by atoms with Crippen LogP contribution in [0.5, 0.6) is 0 Å². The lowest BCUT2D eigenvalue weighted by atomic mass is 10.0. The van der Waals surface area contributed by atoms with Crippen molar-refractivity contribution >= 4 is 29.3 Å². The van der Waals surface area contributed by atoms with Crippen molar-refractivity contribution in [2.75, 3.05) is 11.9 Å². The van der Waals surface area contributed by atoms with E-state index in [0.29, 0.717) is 16.8 Å². The van der Waals surface area contributed by atoms with Crippen LogP contribution in [0.25, 0.3) is 0 Å². The van der Waals surface area contributed by atoms with Crippen LogP contribution in [-0.4, -0.2) is 41.1 Å². The van der Waals surface area contributed by atoms with Gasteiger partial charge < -0.3 is 21.3 Å². The molecule has 0 saturated carbocycles. The van der Waals surface area contributed by atoms with Gasteiger partial charge in [-0.3, -0.25) is 14.4 Å². The molecule has 1 unspecified atom stereocenters. The Hall–Kier alpha value is -3.68. The molecule has 4 amide bonds. The minimum absolute atomic E-state index is 0.100. The van der Waals surface area contributed by atoms with Gasteiger partial charge in [-0.25, -0.2) is 4.79 Å². The maximum absolute atomic E-state index is 13.3. The third-order valence-electron chi connectivity index (χ3n) is 4.55. The maximum atomic E-state index is 13.3. The molecule has 0 aromatic heterocycles. The lowest BCUT2D eigenvalue weighted by molar-refractivity contribution is -0.138. The average molecular weight is 425 g/mol. The first-order chi connectivity index (χ1) is 14.7. The van der Waals surface area contributed by atoms with Crippen molar-refractivity contribution in [3.05, 3.63) is 65.7 Å². The highest BCUT2D eigenvalue weighted by atomic mass is 16.2. The number of primary amides is 1. The number of carbonyl (C=O) groups is 4. The van der Waals surface area contributed by atoms with E-state index >= 15 is 0 Å². The second kappa shape index (κ2) is 10.9. The van der Waals surface area contributed by atoms with Crippen molar-refractivity contribution in [3.8, 4) is 0 Å². The standard InChI is InChI=1S/C23H28N4O4/c1-15(2)20(26-21(29)18-9-5-4-6-10-18)22(30)27(13-16(3)28)14-17-8-7-11-19(12-17)25-23(24)31/h4-12,15,20H,13-14H2,1-3H3,(H,26,29)(H3,24,25,31). The van der Waals surface area contributed by atoms with Crippen LogP contribution in [0, 0.1) is 5.92 Å². The summed E-state index contributed by atoms with van der Waals surface area (Å²) < 4.78 is 0.